The van der Waals surface area contributed by atoms with Crippen LogP contribution < -0.4 is 16.0 Å². The van der Waals surface area contributed by atoms with Crippen molar-refractivity contribution < 1.29 is 4.74 Å². The minimum Gasteiger partial charge on any atom is -0.497 e. The lowest BCUT2D eigenvalue weighted by Crippen LogP contribution is -2.32. The van der Waals surface area contributed by atoms with Gasteiger partial charge in [0.15, 0.2) is 0 Å². The number of aromatic nitrogens is 3. The van der Waals surface area contributed by atoms with Crippen LogP contribution in [-0.4, -0.2) is 28.0 Å². The number of benzene rings is 2. The first kappa shape index (κ1) is 21.6. The van der Waals surface area contributed by atoms with E-state index in [1.165, 1.54) is 11.1 Å². The number of aromatic amines is 2. The number of hydrogen-bond donors (Lipinski definition) is 2. The fourth-order valence-electron chi connectivity index (χ4n) is 3.80. The predicted molar refractivity (Wildman–Crippen MR) is 129 cm³/mol. The van der Waals surface area contributed by atoms with Gasteiger partial charge in [0.05, 0.1) is 12.6 Å². The van der Waals surface area contributed by atoms with Crippen LogP contribution in [-0.2, 0) is 11.8 Å². The van der Waals surface area contributed by atoms with Crippen molar-refractivity contribution in [1.82, 2.24) is 14.6 Å². The third-order valence-electron chi connectivity index (χ3n) is 5.65. The van der Waals surface area contributed by atoms with E-state index in [1.54, 1.807) is 25.5 Å². The zero-order valence-corrected chi connectivity index (χ0v) is 19.0. The molecule has 0 aliphatic heterocycles. The summed E-state index contributed by atoms with van der Waals surface area (Å²) in [4.78, 5) is 31.4. The minimum absolute atomic E-state index is 0.0458. The molecule has 1 atom stereocenters. The van der Waals surface area contributed by atoms with Crippen molar-refractivity contribution in [3.8, 4) is 5.75 Å². The molecule has 0 aliphatic carbocycles. The first-order valence-corrected chi connectivity index (χ1v) is 10.7. The van der Waals surface area contributed by atoms with Crippen molar-refractivity contribution in [3.05, 3.63) is 74.4 Å². The molecule has 0 radical (unpaired) electrons. The normalized spacial score (nSPS) is 13.3. The van der Waals surface area contributed by atoms with Gasteiger partial charge in [-0.3, -0.25) is 4.79 Å². The van der Waals surface area contributed by atoms with E-state index >= 15 is 0 Å². The molecule has 2 N–H and O–H groups in total. The molecule has 166 valence electrons. The summed E-state index contributed by atoms with van der Waals surface area (Å²) in [7, 11) is 1.57. The lowest BCUT2D eigenvalue weighted by Gasteiger charge is -2.19. The fourth-order valence-corrected chi connectivity index (χ4v) is 3.80. The monoisotopic (exact) mass is 432 g/mol. The highest BCUT2D eigenvalue weighted by molar-refractivity contribution is 6.04. The molecule has 0 fully saturated rings. The summed E-state index contributed by atoms with van der Waals surface area (Å²) in [5, 5.41) is 4.92. The van der Waals surface area contributed by atoms with E-state index in [4.69, 9.17) is 4.74 Å². The third-order valence-corrected chi connectivity index (χ3v) is 5.65. The van der Waals surface area contributed by atoms with Gasteiger partial charge in [0.1, 0.15) is 11.3 Å². The molecule has 0 aliphatic rings. The van der Waals surface area contributed by atoms with Crippen LogP contribution in [0.25, 0.3) is 21.9 Å². The lowest BCUT2D eigenvalue weighted by molar-refractivity contribution is 0.415. The van der Waals surface area contributed by atoms with Gasteiger partial charge in [-0.2, -0.15) is 5.10 Å². The molecule has 0 bridgehead atoms. The van der Waals surface area contributed by atoms with Gasteiger partial charge in [-0.25, -0.2) is 4.79 Å². The SMILES string of the molecule is COc1ccc2[nH]c3c(=O)n(/N=C\[C@@H](C)Cc4ccc(C(C)(C)C)cc4)c(=O)[nH]c3c2c1. The van der Waals surface area contributed by atoms with Crippen LogP contribution >= 0.6 is 0 Å². The Labute approximate surface area is 185 Å². The van der Waals surface area contributed by atoms with Crippen LogP contribution in [0.1, 0.15) is 38.8 Å². The number of H-pyrrole nitrogens is 2. The number of nitrogens with zero attached hydrogens (tertiary/aromatic N) is 2. The van der Waals surface area contributed by atoms with E-state index in [9.17, 15) is 9.59 Å². The van der Waals surface area contributed by atoms with Crippen LogP contribution in [0, 0.1) is 5.92 Å². The number of fused-ring (bicyclic) bond motifs is 3. The number of hydrogen-bond acceptors (Lipinski definition) is 4. The molecular weight excluding hydrogens is 404 g/mol. The highest BCUT2D eigenvalue weighted by Gasteiger charge is 2.15. The van der Waals surface area contributed by atoms with Gasteiger partial charge in [-0.1, -0.05) is 52.0 Å². The summed E-state index contributed by atoms with van der Waals surface area (Å²) < 4.78 is 6.12. The van der Waals surface area contributed by atoms with E-state index < -0.39 is 11.2 Å². The second-order valence-electron chi connectivity index (χ2n) is 9.23. The molecule has 7 heteroatoms. The molecule has 0 amide bonds. The Morgan fingerprint density at radius 3 is 2.44 bits per heavy atom. The first-order chi connectivity index (χ1) is 15.2. The van der Waals surface area contributed by atoms with Crippen molar-refractivity contribution in [1.29, 1.82) is 0 Å². The van der Waals surface area contributed by atoms with Gasteiger partial charge < -0.3 is 14.7 Å². The molecule has 2 aromatic carbocycles. The van der Waals surface area contributed by atoms with Crippen LogP contribution in [0.2, 0.25) is 0 Å². The van der Waals surface area contributed by atoms with Crippen LogP contribution in [0.15, 0.2) is 57.2 Å². The summed E-state index contributed by atoms with van der Waals surface area (Å²) in [6.07, 6.45) is 2.40. The van der Waals surface area contributed by atoms with Gasteiger partial charge in [0.25, 0.3) is 0 Å². The van der Waals surface area contributed by atoms with Crippen molar-refractivity contribution in [2.45, 2.75) is 39.5 Å². The van der Waals surface area contributed by atoms with Gasteiger partial charge >= 0.3 is 11.2 Å². The number of ether oxygens (including phenoxy) is 1. The molecule has 0 saturated heterocycles. The Bertz CT molecular complexity index is 1420. The molecule has 4 rings (SSSR count). The molecule has 0 unspecified atom stereocenters. The summed E-state index contributed by atoms with van der Waals surface area (Å²) >= 11 is 0. The van der Waals surface area contributed by atoms with Gasteiger partial charge in [0.2, 0.25) is 0 Å². The molecule has 4 aromatic rings. The molecule has 0 spiro atoms. The third kappa shape index (κ3) is 4.10. The van der Waals surface area contributed by atoms with E-state index in [1.807, 2.05) is 13.0 Å². The number of nitrogens with one attached hydrogen (secondary N) is 2. The maximum Gasteiger partial charge on any atom is 0.350 e. The van der Waals surface area contributed by atoms with Crippen molar-refractivity contribution >= 4 is 28.2 Å². The van der Waals surface area contributed by atoms with E-state index in [-0.39, 0.29) is 11.3 Å². The molecule has 7 nitrogen and oxygen atoms in total. The first-order valence-electron chi connectivity index (χ1n) is 10.7. The van der Waals surface area contributed by atoms with Crippen molar-refractivity contribution in [2.24, 2.45) is 11.0 Å². The summed E-state index contributed by atoms with van der Waals surface area (Å²) in [5.74, 6) is 0.690. The maximum absolute atomic E-state index is 12.9. The van der Waals surface area contributed by atoms with Gasteiger partial charge in [-0.15, -0.1) is 4.68 Å². The second kappa shape index (κ2) is 8.15. The quantitative estimate of drug-likeness (QED) is 0.463. The Morgan fingerprint density at radius 1 is 1.06 bits per heavy atom. The van der Waals surface area contributed by atoms with Gasteiger partial charge in [0, 0.05) is 17.1 Å². The molecule has 2 aromatic heterocycles. The molecule has 0 saturated carbocycles. The summed E-state index contributed by atoms with van der Waals surface area (Å²) in [5.41, 5.74) is 2.99. The number of methoxy groups -OCH3 is 1. The predicted octanol–water partition coefficient (Wildman–Crippen LogP) is 4.19. The Morgan fingerprint density at radius 2 is 1.78 bits per heavy atom. The van der Waals surface area contributed by atoms with Gasteiger partial charge in [-0.05, 0) is 47.1 Å². The van der Waals surface area contributed by atoms with E-state index in [0.29, 0.717) is 16.8 Å². The average molecular weight is 433 g/mol. The lowest BCUT2D eigenvalue weighted by atomic mass is 9.86. The minimum atomic E-state index is -0.579. The maximum atomic E-state index is 12.9. The van der Waals surface area contributed by atoms with E-state index in [2.05, 4.69) is 60.1 Å². The molecular formula is C25H28N4O3. The van der Waals surface area contributed by atoms with Crippen LogP contribution in [0.4, 0.5) is 0 Å². The second-order valence-corrected chi connectivity index (χ2v) is 9.23. The zero-order valence-electron chi connectivity index (χ0n) is 19.0. The smallest absolute Gasteiger partial charge is 0.350 e. The number of rotatable bonds is 5. The Balaban J connectivity index is 1.61. The zero-order chi connectivity index (χ0) is 23.0. The average Bonchev–Trinajstić information content (AvgIpc) is 3.11. The molecule has 32 heavy (non-hydrogen) atoms. The summed E-state index contributed by atoms with van der Waals surface area (Å²) in [6, 6.07) is 13.9. The standard InChI is InChI=1S/C25H28N4O3/c1-15(12-16-6-8-17(9-7-16)25(2,3)4)14-26-29-23(30)22-21(28-24(29)31)19-13-18(32-5)10-11-20(19)27-22/h6-11,13-15,27H,12H2,1-5H3,(H,28,31)/b26-14-/t15-/m0/s1. The fraction of sp³-hybridized carbons (Fsp3) is 0.320. The Hall–Kier alpha value is -3.61. The molecule has 2 heterocycles. The van der Waals surface area contributed by atoms with Crippen molar-refractivity contribution in [2.75, 3.05) is 7.11 Å². The van der Waals surface area contributed by atoms with Crippen LogP contribution in [0.3, 0.4) is 0 Å². The summed E-state index contributed by atoms with van der Waals surface area (Å²) in [6.45, 7) is 8.57. The van der Waals surface area contributed by atoms with Crippen LogP contribution in [0.5, 0.6) is 5.75 Å². The highest BCUT2D eigenvalue weighted by atomic mass is 16.5. The van der Waals surface area contributed by atoms with E-state index in [0.717, 1.165) is 22.0 Å². The largest absolute Gasteiger partial charge is 0.497 e. The highest BCUT2D eigenvalue weighted by Crippen LogP contribution is 2.25. The topological polar surface area (TPSA) is 92.2 Å². The Kier molecular flexibility index (Phi) is 5.50. The van der Waals surface area contributed by atoms with Crippen molar-refractivity contribution in [3.63, 3.8) is 0 Å².